The topological polar surface area (TPSA) is 43.1 Å². The van der Waals surface area contributed by atoms with Crippen molar-refractivity contribution in [3.05, 3.63) is 0 Å². The monoisotopic (exact) mass is 151 g/mol. The van der Waals surface area contributed by atoms with Crippen molar-refractivity contribution in [3.8, 4) is 12.3 Å². The fourth-order valence-corrected chi connectivity index (χ4v) is 1.28. The molecule has 0 radical (unpaired) electrons. The molecule has 60 valence electrons. The maximum absolute atomic E-state index is 11.1. The van der Waals surface area contributed by atoms with Crippen LogP contribution in [0.1, 0.15) is 25.7 Å². The van der Waals surface area contributed by atoms with Gasteiger partial charge in [0, 0.05) is 0 Å². The Morgan fingerprint density at radius 1 is 1.73 bits per heavy atom. The van der Waals surface area contributed by atoms with E-state index in [2.05, 4.69) is 5.92 Å². The standard InChI is InChI=1S/C9H13NO/c1-2-4-8(11)9(10)7-5-3-6-7/h1,7,9H,3-6,10H2. The Morgan fingerprint density at radius 3 is 2.73 bits per heavy atom. The lowest BCUT2D eigenvalue weighted by Crippen LogP contribution is -2.41. The van der Waals surface area contributed by atoms with Gasteiger partial charge in [0.1, 0.15) is 0 Å². The van der Waals surface area contributed by atoms with Gasteiger partial charge in [-0.25, -0.2) is 0 Å². The van der Waals surface area contributed by atoms with Crippen LogP contribution in [0.3, 0.4) is 0 Å². The maximum Gasteiger partial charge on any atom is 0.161 e. The summed E-state index contributed by atoms with van der Waals surface area (Å²) in [6, 6.07) is -0.292. The number of terminal acetylenes is 1. The van der Waals surface area contributed by atoms with E-state index in [-0.39, 0.29) is 18.2 Å². The van der Waals surface area contributed by atoms with Crippen molar-refractivity contribution in [1.29, 1.82) is 0 Å². The van der Waals surface area contributed by atoms with E-state index in [1.807, 2.05) is 0 Å². The van der Waals surface area contributed by atoms with Gasteiger partial charge < -0.3 is 5.73 Å². The predicted octanol–water partition coefficient (Wildman–Crippen LogP) is 0.706. The summed E-state index contributed by atoms with van der Waals surface area (Å²) in [4.78, 5) is 11.1. The van der Waals surface area contributed by atoms with Gasteiger partial charge in [0.05, 0.1) is 12.5 Å². The van der Waals surface area contributed by atoms with E-state index in [0.29, 0.717) is 5.92 Å². The number of Topliss-reactive ketones (excluding diaryl/α,β-unsaturated/α-hetero) is 1. The van der Waals surface area contributed by atoms with Crippen molar-refractivity contribution >= 4 is 5.78 Å². The summed E-state index contributed by atoms with van der Waals surface area (Å²) in [5, 5.41) is 0. The van der Waals surface area contributed by atoms with Crippen LogP contribution in [0.15, 0.2) is 0 Å². The normalized spacial score (nSPS) is 20.0. The zero-order chi connectivity index (χ0) is 8.27. The SMILES string of the molecule is C#CCC(=O)C(N)C1CCC1. The van der Waals surface area contributed by atoms with Crippen LogP contribution in [0.25, 0.3) is 0 Å². The zero-order valence-corrected chi connectivity index (χ0v) is 6.55. The van der Waals surface area contributed by atoms with Gasteiger partial charge in [-0.15, -0.1) is 6.42 Å². The molecule has 0 spiro atoms. The van der Waals surface area contributed by atoms with E-state index in [9.17, 15) is 4.79 Å². The quantitative estimate of drug-likeness (QED) is 0.603. The van der Waals surface area contributed by atoms with Gasteiger partial charge >= 0.3 is 0 Å². The molecule has 1 aliphatic carbocycles. The molecule has 0 aromatic heterocycles. The highest BCUT2D eigenvalue weighted by Crippen LogP contribution is 2.29. The van der Waals surface area contributed by atoms with E-state index in [0.717, 1.165) is 12.8 Å². The first kappa shape index (κ1) is 8.29. The highest BCUT2D eigenvalue weighted by Gasteiger charge is 2.28. The summed E-state index contributed by atoms with van der Waals surface area (Å²) in [6.45, 7) is 0. The van der Waals surface area contributed by atoms with Crippen molar-refractivity contribution in [2.45, 2.75) is 31.7 Å². The molecule has 1 fully saturated rings. The van der Waals surface area contributed by atoms with E-state index in [4.69, 9.17) is 12.2 Å². The molecule has 0 aromatic carbocycles. The van der Waals surface area contributed by atoms with Crippen LogP contribution >= 0.6 is 0 Å². The Morgan fingerprint density at radius 2 is 2.36 bits per heavy atom. The molecule has 2 nitrogen and oxygen atoms in total. The van der Waals surface area contributed by atoms with Gasteiger partial charge in [-0.05, 0) is 18.8 Å². The minimum absolute atomic E-state index is 0.0252. The first-order valence-electron chi connectivity index (χ1n) is 3.97. The van der Waals surface area contributed by atoms with Gasteiger partial charge in [-0.3, -0.25) is 4.79 Å². The van der Waals surface area contributed by atoms with E-state index in [1.165, 1.54) is 6.42 Å². The number of ketones is 1. The van der Waals surface area contributed by atoms with E-state index < -0.39 is 0 Å². The first-order chi connectivity index (χ1) is 5.25. The molecule has 0 amide bonds. The minimum atomic E-state index is -0.292. The third-order valence-electron chi connectivity index (χ3n) is 2.31. The summed E-state index contributed by atoms with van der Waals surface area (Å²) >= 11 is 0. The van der Waals surface area contributed by atoms with Gasteiger partial charge in [0.2, 0.25) is 0 Å². The maximum atomic E-state index is 11.1. The summed E-state index contributed by atoms with van der Waals surface area (Å²) in [7, 11) is 0. The van der Waals surface area contributed by atoms with Crippen LogP contribution in [-0.4, -0.2) is 11.8 Å². The summed E-state index contributed by atoms with van der Waals surface area (Å²) in [5.41, 5.74) is 5.66. The third kappa shape index (κ3) is 1.81. The van der Waals surface area contributed by atoms with Crippen molar-refractivity contribution < 1.29 is 4.79 Å². The van der Waals surface area contributed by atoms with Gasteiger partial charge in [-0.1, -0.05) is 12.3 Å². The zero-order valence-electron chi connectivity index (χ0n) is 6.55. The molecule has 2 heteroatoms. The first-order valence-corrected chi connectivity index (χ1v) is 3.97. The number of hydrogen-bond donors (Lipinski definition) is 1. The molecular weight excluding hydrogens is 138 g/mol. The molecule has 11 heavy (non-hydrogen) atoms. The highest BCUT2D eigenvalue weighted by atomic mass is 16.1. The summed E-state index contributed by atoms with van der Waals surface area (Å²) in [6.07, 6.45) is 8.59. The van der Waals surface area contributed by atoms with Crippen molar-refractivity contribution in [1.82, 2.24) is 0 Å². The van der Waals surface area contributed by atoms with Crippen LogP contribution in [0, 0.1) is 18.3 Å². The molecule has 0 saturated heterocycles. The Kier molecular flexibility index (Phi) is 2.67. The summed E-state index contributed by atoms with van der Waals surface area (Å²) < 4.78 is 0. The number of carbonyl (C=O) groups excluding carboxylic acids is 1. The largest absolute Gasteiger partial charge is 0.321 e. The minimum Gasteiger partial charge on any atom is -0.321 e. The lowest BCUT2D eigenvalue weighted by atomic mass is 9.78. The molecule has 1 saturated carbocycles. The van der Waals surface area contributed by atoms with Crippen LogP contribution in [0.2, 0.25) is 0 Å². The van der Waals surface area contributed by atoms with Gasteiger partial charge in [-0.2, -0.15) is 0 Å². The molecule has 0 bridgehead atoms. The van der Waals surface area contributed by atoms with Gasteiger partial charge in [0.25, 0.3) is 0 Å². The van der Waals surface area contributed by atoms with E-state index >= 15 is 0 Å². The van der Waals surface area contributed by atoms with Crippen LogP contribution in [0.5, 0.6) is 0 Å². The fourth-order valence-electron chi connectivity index (χ4n) is 1.28. The van der Waals surface area contributed by atoms with Crippen molar-refractivity contribution in [3.63, 3.8) is 0 Å². The molecule has 1 unspecified atom stereocenters. The fraction of sp³-hybridized carbons (Fsp3) is 0.667. The Hall–Kier alpha value is -0.810. The lowest BCUT2D eigenvalue weighted by molar-refractivity contribution is -0.121. The number of nitrogens with two attached hydrogens (primary N) is 1. The van der Waals surface area contributed by atoms with Gasteiger partial charge in [0.15, 0.2) is 5.78 Å². The second-order valence-corrected chi connectivity index (χ2v) is 3.06. The predicted molar refractivity (Wildman–Crippen MR) is 43.8 cm³/mol. The molecule has 1 atom stereocenters. The molecule has 0 aliphatic heterocycles. The molecule has 2 N–H and O–H groups in total. The molecule has 0 aromatic rings. The molecule has 0 heterocycles. The van der Waals surface area contributed by atoms with Crippen LogP contribution in [-0.2, 0) is 4.79 Å². The lowest BCUT2D eigenvalue weighted by Gasteiger charge is -2.29. The number of carbonyl (C=O) groups is 1. The molecular formula is C9H13NO. The molecule has 1 rings (SSSR count). The molecule has 1 aliphatic rings. The van der Waals surface area contributed by atoms with Crippen molar-refractivity contribution in [2.75, 3.05) is 0 Å². The highest BCUT2D eigenvalue weighted by molar-refractivity contribution is 5.86. The Labute approximate surface area is 67.2 Å². The smallest absolute Gasteiger partial charge is 0.161 e. The summed E-state index contributed by atoms with van der Waals surface area (Å²) in [5.74, 6) is 2.76. The average Bonchev–Trinajstić information content (AvgIpc) is 1.84. The number of hydrogen-bond acceptors (Lipinski definition) is 2. The number of rotatable bonds is 3. The average molecular weight is 151 g/mol. The second kappa shape index (κ2) is 3.54. The van der Waals surface area contributed by atoms with E-state index in [1.54, 1.807) is 0 Å². The van der Waals surface area contributed by atoms with Crippen LogP contribution in [0.4, 0.5) is 0 Å². The Balaban J connectivity index is 2.34. The Bertz CT molecular complexity index is 188. The van der Waals surface area contributed by atoms with Crippen LogP contribution < -0.4 is 5.73 Å². The second-order valence-electron chi connectivity index (χ2n) is 3.06. The van der Waals surface area contributed by atoms with Crippen molar-refractivity contribution in [2.24, 2.45) is 11.7 Å². The third-order valence-corrected chi connectivity index (χ3v) is 2.31.